The molecule has 180 valence electrons. The summed E-state index contributed by atoms with van der Waals surface area (Å²) in [6.07, 6.45) is 7.36. The number of benzene rings is 1. The smallest absolute Gasteiger partial charge is 0.267 e. The molecule has 5 rings (SSSR count). The van der Waals surface area contributed by atoms with Crippen molar-refractivity contribution < 1.29 is 4.79 Å². The second-order valence-corrected chi connectivity index (χ2v) is 10.7. The van der Waals surface area contributed by atoms with E-state index in [-0.39, 0.29) is 11.5 Å². The lowest BCUT2D eigenvalue weighted by atomic mass is 9.99. The van der Waals surface area contributed by atoms with E-state index in [0.717, 1.165) is 37.8 Å². The molecule has 0 spiro atoms. The third-order valence-electron chi connectivity index (χ3n) is 6.63. The minimum absolute atomic E-state index is 0.125. The van der Waals surface area contributed by atoms with Crippen LogP contribution in [0.25, 0.3) is 11.7 Å². The molecule has 1 fully saturated rings. The summed E-state index contributed by atoms with van der Waals surface area (Å²) < 4.78 is 2.13. The summed E-state index contributed by atoms with van der Waals surface area (Å²) in [7, 11) is 0. The Labute approximate surface area is 214 Å². The quantitative estimate of drug-likeness (QED) is 0.269. The van der Waals surface area contributed by atoms with Gasteiger partial charge < -0.3 is 4.90 Å². The number of hydrogen-bond acceptors (Lipinski definition) is 6. The van der Waals surface area contributed by atoms with Crippen LogP contribution in [0.2, 0.25) is 0 Å². The Kier molecular flexibility index (Phi) is 6.75. The molecule has 0 radical (unpaired) electrons. The Morgan fingerprint density at radius 1 is 1.11 bits per heavy atom. The first-order valence-electron chi connectivity index (χ1n) is 12.1. The van der Waals surface area contributed by atoms with E-state index in [1.54, 1.807) is 21.6 Å². The predicted octanol–water partition coefficient (Wildman–Crippen LogP) is 4.96. The number of aryl methyl sites for hydroxylation is 1. The van der Waals surface area contributed by atoms with E-state index in [1.807, 2.05) is 25.1 Å². The normalized spacial score (nSPS) is 17.0. The molecule has 0 unspecified atom stereocenters. The van der Waals surface area contributed by atoms with Gasteiger partial charge in [-0.1, -0.05) is 74.1 Å². The first-order chi connectivity index (χ1) is 17.0. The van der Waals surface area contributed by atoms with E-state index in [0.29, 0.717) is 39.3 Å². The van der Waals surface area contributed by atoms with Crippen LogP contribution in [0.3, 0.4) is 0 Å². The van der Waals surface area contributed by atoms with Crippen molar-refractivity contribution >= 4 is 51.7 Å². The topological polar surface area (TPSA) is 57.9 Å². The highest BCUT2D eigenvalue weighted by molar-refractivity contribution is 8.26. The van der Waals surface area contributed by atoms with Crippen molar-refractivity contribution in [3.05, 3.63) is 80.1 Å². The fourth-order valence-corrected chi connectivity index (χ4v) is 5.98. The third-order valence-corrected chi connectivity index (χ3v) is 8.01. The van der Waals surface area contributed by atoms with Gasteiger partial charge in [0.15, 0.2) is 0 Å². The molecule has 35 heavy (non-hydrogen) atoms. The molecule has 8 heteroatoms. The maximum absolute atomic E-state index is 13.7. The molecule has 2 aromatic heterocycles. The number of hydrogen-bond donors (Lipinski definition) is 0. The Balaban J connectivity index is 1.60. The maximum atomic E-state index is 13.7. The second-order valence-electron chi connectivity index (χ2n) is 9.02. The molecule has 0 aliphatic carbocycles. The lowest BCUT2D eigenvalue weighted by Gasteiger charge is -2.31. The molecule has 1 saturated heterocycles. The number of anilines is 1. The third kappa shape index (κ3) is 4.52. The highest BCUT2D eigenvalue weighted by atomic mass is 32.2. The highest BCUT2D eigenvalue weighted by Crippen LogP contribution is 2.34. The number of nitrogens with zero attached hydrogens (tertiary/aromatic N) is 4. The minimum atomic E-state index is -0.177. The van der Waals surface area contributed by atoms with Gasteiger partial charge in [-0.05, 0) is 48.6 Å². The fourth-order valence-electron chi connectivity index (χ4n) is 4.69. The number of aromatic nitrogens is 2. The summed E-state index contributed by atoms with van der Waals surface area (Å²) in [5.41, 5.74) is 4.38. The monoisotopic (exact) mass is 504 g/mol. The SMILES string of the molecule is CCCCCN1C(=O)C(=Cc2c(N3CCc4ccccc4C3)nc3c(C)cccn3c2=O)SC1=S. The van der Waals surface area contributed by atoms with Crippen molar-refractivity contribution in [1.82, 2.24) is 14.3 Å². The number of pyridine rings is 1. The summed E-state index contributed by atoms with van der Waals surface area (Å²) >= 11 is 6.78. The van der Waals surface area contributed by atoms with Crippen LogP contribution in [-0.4, -0.2) is 37.6 Å². The number of carbonyl (C=O) groups is 1. The van der Waals surface area contributed by atoms with Crippen molar-refractivity contribution in [2.45, 2.75) is 46.1 Å². The van der Waals surface area contributed by atoms with E-state index in [9.17, 15) is 9.59 Å². The van der Waals surface area contributed by atoms with Crippen LogP contribution < -0.4 is 10.5 Å². The molecule has 6 nitrogen and oxygen atoms in total. The molecule has 4 heterocycles. The van der Waals surface area contributed by atoms with Gasteiger partial charge in [-0.3, -0.25) is 18.9 Å². The van der Waals surface area contributed by atoms with Crippen molar-refractivity contribution in [3.8, 4) is 0 Å². The van der Waals surface area contributed by atoms with Gasteiger partial charge in [0.1, 0.15) is 15.8 Å². The van der Waals surface area contributed by atoms with Crippen molar-refractivity contribution in [1.29, 1.82) is 0 Å². The van der Waals surface area contributed by atoms with Gasteiger partial charge in [0.05, 0.1) is 10.5 Å². The molecule has 0 N–H and O–H groups in total. The highest BCUT2D eigenvalue weighted by Gasteiger charge is 2.33. The van der Waals surface area contributed by atoms with E-state index in [2.05, 4.69) is 30.0 Å². The van der Waals surface area contributed by atoms with Crippen molar-refractivity contribution in [2.75, 3.05) is 18.0 Å². The summed E-state index contributed by atoms with van der Waals surface area (Å²) in [5, 5.41) is 0. The first kappa shape index (κ1) is 23.8. The summed E-state index contributed by atoms with van der Waals surface area (Å²) in [6.45, 7) is 6.12. The Hall–Kier alpha value is -2.97. The molecular formula is C27H28N4O2S2. The standard InChI is InChI=1S/C27H28N4O2S2/c1-3-4-7-13-31-26(33)22(35-27(31)34)16-21-24(28-23-18(2)9-8-14-30(23)25(21)32)29-15-12-19-10-5-6-11-20(19)17-29/h5-6,8-11,14,16H,3-4,7,12-13,15,17H2,1-2H3. The Morgan fingerprint density at radius 3 is 2.71 bits per heavy atom. The number of amides is 1. The molecular weight excluding hydrogens is 476 g/mol. The van der Waals surface area contributed by atoms with Crippen LogP contribution in [0.5, 0.6) is 0 Å². The number of rotatable bonds is 6. The zero-order valence-electron chi connectivity index (χ0n) is 20.0. The van der Waals surface area contributed by atoms with Gasteiger partial charge in [-0.15, -0.1) is 0 Å². The molecule has 1 amide bonds. The van der Waals surface area contributed by atoms with Crippen LogP contribution >= 0.6 is 24.0 Å². The summed E-state index contributed by atoms with van der Waals surface area (Å²) in [4.78, 5) is 36.2. The van der Waals surface area contributed by atoms with Crippen LogP contribution in [0.15, 0.2) is 52.3 Å². The largest absolute Gasteiger partial charge is 0.351 e. The second kappa shape index (κ2) is 9.95. The van der Waals surface area contributed by atoms with Gasteiger partial charge in [-0.2, -0.15) is 0 Å². The van der Waals surface area contributed by atoms with Gasteiger partial charge in [0, 0.05) is 25.8 Å². The zero-order valence-corrected chi connectivity index (χ0v) is 21.6. The lowest BCUT2D eigenvalue weighted by Crippen LogP contribution is -2.34. The van der Waals surface area contributed by atoms with Gasteiger partial charge >= 0.3 is 0 Å². The fraction of sp³-hybridized carbons (Fsp3) is 0.333. The van der Waals surface area contributed by atoms with Gasteiger partial charge in [-0.25, -0.2) is 4.98 Å². The Morgan fingerprint density at radius 2 is 1.91 bits per heavy atom. The lowest BCUT2D eigenvalue weighted by molar-refractivity contribution is -0.122. The molecule has 3 aromatic rings. The van der Waals surface area contributed by atoms with E-state index in [1.165, 1.54) is 22.9 Å². The molecule has 0 atom stereocenters. The number of fused-ring (bicyclic) bond motifs is 2. The average molecular weight is 505 g/mol. The predicted molar refractivity (Wildman–Crippen MR) is 147 cm³/mol. The van der Waals surface area contributed by atoms with Crippen molar-refractivity contribution in [3.63, 3.8) is 0 Å². The van der Waals surface area contributed by atoms with Crippen LogP contribution in [-0.2, 0) is 17.8 Å². The molecule has 2 aliphatic heterocycles. The van der Waals surface area contributed by atoms with Crippen LogP contribution in [0.1, 0.15) is 48.4 Å². The van der Waals surface area contributed by atoms with Gasteiger partial charge in [0.2, 0.25) is 0 Å². The number of carbonyl (C=O) groups excluding carboxylic acids is 1. The zero-order chi connectivity index (χ0) is 24.5. The van der Waals surface area contributed by atoms with Crippen LogP contribution in [0, 0.1) is 6.92 Å². The number of unbranched alkanes of at least 4 members (excludes halogenated alkanes) is 2. The summed E-state index contributed by atoms with van der Waals surface area (Å²) in [5.74, 6) is 0.495. The van der Waals surface area contributed by atoms with E-state index >= 15 is 0 Å². The number of thiocarbonyl (C=S) groups is 1. The minimum Gasteiger partial charge on any atom is -0.351 e. The molecule has 0 saturated carbocycles. The Bertz CT molecular complexity index is 1410. The van der Waals surface area contributed by atoms with E-state index < -0.39 is 0 Å². The molecule has 2 aliphatic rings. The molecule has 1 aromatic carbocycles. The van der Waals surface area contributed by atoms with Gasteiger partial charge in [0.25, 0.3) is 11.5 Å². The molecule has 0 bridgehead atoms. The number of thioether (sulfide) groups is 1. The summed E-state index contributed by atoms with van der Waals surface area (Å²) in [6, 6.07) is 12.2. The van der Waals surface area contributed by atoms with E-state index in [4.69, 9.17) is 17.2 Å². The maximum Gasteiger partial charge on any atom is 0.267 e. The average Bonchev–Trinajstić information content (AvgIpc) is 3.13. The first-order valence-corrected chi connectivity index (χ1v) is 13.3. The van der Waals surface area contributed by atoms with Crippen LogP contribution in [0.4, 0.5) is 5.82 Å². The van der Waals surface area contributed by atoms with Crippen molar-refractivity contribution in [2.24, 2.45) is 0 Å².